The zero-order valence-electron chi connectivity index (χ0n) is 12.3. The van der Waals surface area contributed by atoms with Crippen LogP contribution in [0.15, 0.2) is 18.3 Å². The minimum Gasteiger partial charge on any atom is -0.464 e. The van der Waals surface area contributed by atoms with E-state index in [1.54, 1.807) is 6.20 Å². The van der Waals surface area contributed by atoms with Gasteiger partial charge in [0.15, 0.2) is 0 Å². The highest BCUT2D eigenvalue weighted by molar-refractivity contribution is 5.88. The van der Waals surface area contributed by atoms with Crippen LogP contribution in [0.25, 0.3) is 0 Å². The average Bonchev–Trinajstić information content (AvgIpc) is 2.53. The molecule has 5 heteroatoms. The number of piperidine rings is 1. The van der Waals surface area contributed by atoms with Crippen LogP contribution in [0.1, 0.15) is 30.3 Å². The lowest BCUT2D eigenvalue weighted by atomic mass is 9.97. The summed E-state index contributed by atoms with van der Waals surface area (Å²) in [6.07, 6.45) is 4.10. The van der Waals surface area contributed by atoms with Crippen molar-refractivity contribution in [2.24, 2.45) is 5.92 Å². The minimum absolute atomic E-state index is 0.369. The average molecular weight is 277 g/mol. The fourth-order valence-corrected chi connectivity index (χ4v) is 2.63. The first-order valence-electron chi connectivity index (χ1n) is 7.24. The van der Waals surface area contributed by atoms with Crippen LogP contribution >= 0.6 is 0 Å². The number of esters is 1. The van der Waals surface area contributed by atoms with E-state index >= 15 is 0 Å². The summed E-state index contributed by atoms with van der Waals surface area (Å²) in [4.78, 5) is 17.9. The highest BCUT2D eigenvalue weighted by Crippen LogP contribution is 2.20. The van der Waals surface area contributed by atoms with Crippen molar-refractivity contribution in [1.82, 2.24) is 10.3 Å². The number of methoxy groups -OCH3 is 1. The summed E-state index contributed by atoms with van der Waals surface area (Å²) in [6.45, 7) is 6.30. The molecule has 0 aromatic carbocycles. The van der Waals surface area contributed by atoms with Crippen molar-refractivity contribution >= 4 is 11.7 Å². The van der Waals surface area contributed by atoms with Gasteiger partial charge in [0, 0.05) is 25.0 Å². The second-order valence-corrected chi connectivity index (χ2v) is 5.12. The van der Waals surface area contributed by atoms with E-state index < -0.39 is 0 Å². The van der Waals surface area contributed by atoms with Crippen LogP contribution in [-0.4, -0.2) is 44.2 Å². The van der Waals surface area contributed by atoms with Gasteiger partial charge in [-0.15, -0.1) is 0 Å². The number of ether oxygens (including phenoxy) is 1. The third-order valence-electron chi connectivity index (χ3n) is 3.82. The first kappa shape index (κ1) is 14.8. The lowest BCUT2D eigenvalue weighted by Crippen LogP contribution is -2.36. The number of carbonyl (C=O) groups is 1. The summed E-state index contributed by atoms with van der Waals surface area (Å²) >= 11 is 0. The summed E-state index contributed by atoms with van der Waals surface area (Å²) in [5, 5.41) is 3.39. The standard InChI is InChI=1S/C15H23N3O2/c1-3-18(11-12-4-7-16-8-5-12)13-6-9-17-14(10-13)15(19)20-2/h6,9-10,12,16H,3-5,7-8,11H2,1-2H3. The Balaban J connectivity index is 2.08. The molecule has 2 heterocycles. The Labute approximate surface area is 120 Å². The van der Waals surface area contributed by atoms with Crippen molar-refractivity contribution in [3.8, 4) is 0 Å². The van der Waals surface area contributed by atoms with Crippen molar-refractivity contribution in [3.63, 3.8) is 0 Å². The van der Waals surface area contributed by atoms with Gasteiger partial charge in [0.05, 0.1) is 7.11 Å². The predicted octanol–water partition coefficient (Wildman–Crippen LogP) is 1.69. The quantitative estimate of drug-likeness (QED) is 0.830. The van der Waals surface area contributed by atoms with E-state index in [2.05, 4.69) is 22.1 Å². The number of aromatic nitrogens is 1. The molecular weight excluding hydrogens is 254 g/mol. The van der Waals surface area contributed by atoms with Crippen LogP contribution < -0.4 is 10.2 Å². The summed E-state index contributed by atoms with van der Waals surface area (Å²) in [5.74, 6) is 0.329. The molecule has 0 aliphatic carbocycles. The van der Waals surface area contributed by atoms with Crippen LogP contribution in [0.3, 0.4) is 0 Å². The molecule has 0 spiro atoms. The summed E-state index contributed by atoms with van der Waals surface area (Å²) in [7, 11) is 1.38. The van der Waals surface area contributed by atoms with E-state index in [4.69, 9.17) is 4.74 Å². The fraction of sp³-hybridized carbons (Fsp3) is 0.600. The molecule has 5 nitrogen and oxygen atoms in total. The van der Waals surface area contributed by atoms with Crippen molar-refractivity contribution in [2.45, 2.75) is 19.8 Å². The summed E-state index contributed by atoms with van der Waals surface area (Å²) in [6, 6.07) is 3.77. The van der Waals surface area contributed by atoms with Gasteiger partial charge in [0.2, 0.25) is 0 Å². The number of rotatable bonds is 5. The van der Waals surface area contributed by atoms with Gasteiger partial charge in [0.1, 0.15) is 5.69 Å². The molecule has 1 fully saturated rings. The molecule has 1 aliphatic rings. The van der Waals surface area contributed by atoms with Crippen molar-refractivity contribution in [2.75, 3.05) is 38.2 Å². The maximum absolute atomic E-state index is 11.6. The number of carbonyl (C=O) groups excluding carboxylic acids is 1. The van der Waals surface area contributed by atoms with E-state index in [0.717, 1.165) is 31.9 Å². The monoisotopic (exact) mass is 277 g/mol. The smallest absolute Gasteiger partial charge is 0.356 e. The van der Waals surface area contributed by atoms with Gasteiger partial charge in [-0.3, -0.25) is 0 Å². The molecule has 1 aliphatic heterocycles. The topological polar surface area (TPSA) is 54.5 Å². The zero-order valence-corrected chi connectivity index (χ0v) is 12.3. The minimum atomic E-state index is -0.384. The molecule has 110 valence electrons. The van der Waals surface area contributed by atoms with Gasteiger partial charge >= 0.3 is 5.97 Å². The zero-order chi connectivity index (χ0) is 14.4. The van der Waals surface area contributed by atoms with Crippen LogP contribution in [-0.2, 0) is 4.74 Å². The largest absolute Gasteiger partial charge is 0.464 e. The molecule has 0 unspecified atom stereocenters. The number of anilines is 1. The molecule has 2 rings (SSSR count). The second kappa shape index (κ2) is 7.24. The Morgan fingerprint density at radius 1 is 1.50 bits per heavy atom. The fourth-order valence-electron chi connectivity index (χ4n) is 2.63. The maximum Gasteiger partial charge on any atom is 0.356 e. The first-order chi connectivity index (χ1) is 9.74. The summed E-state index contributed by atoms with van der Waals surface area (Å²) < 4.78 is 4.73. The van der Waals surface area contributed by atoms with Crippen molar-refractivity contribution < 1.29 is 9.53 Å². The number of nitrogens with one attached hydrogen (secondary N) is 1. The summed E-state index contributed by atoms with van der Waals surface area (Å²) in [5.41, 5.74) is 1.41. The van der Waals surface area contributed by atoms with Gasteiger partial charge in [-0.05, 0) is 50.9 Å². The Kier molecular flexibility index (Phi) is 5.35. The molecule has 0 bridgehead atoms. The number of pyridine rings is 1. The van der Waals surface area contributed by atoms with Crippen LogP contribution in [0.4, 0.5) is 5.69 Å². The Morgan fingerprint density at radius 3 is 2.90 bits per heavy atom. The first-order valence-corrected chi connectivity index (χ1v) is 7.24. The SMILES string of the molecule is CCN(CC1CCNCC1)c1ccnc(C(=O)OC)c1. The van der Waals surface area contributed by atoms with Gasteiger partial charge in [-0.1, -0.05) is 0 Å². The van der Waals surface area contributed by atoms with E-state index in [-0.39, 0.29) is 5.97 Å². The van der Waals surface area contributed by atoms with Crippen molar-refractivity contribution in [1.29, 1.82) is 0 Å². The predicted molar refractivity (Wildman–Crippen MR) is 79.1 cm³/mol. The van der Waals surface area contributed by atoms with Crippen LogP contribution in [0.5, 0.6) is 0 Å². The molecule has 0 atom stereocenters. The number of hydrogen-bond acceptors (Lipinski definition) is 5. The van der Waals surface area contributed by atoms with Gasteiger partial charge in [0.25, 0.3) is 0 Å². The number of hydrogen-bond donors (Lipinski definition) is 1. The second-order valence-electron chi connectivity index (χ2n) is 5.12. The van der Waals surface area contributed by atoms with E-state index in [9.17, 15) is 4.79 Å². The molecule has 1 aromatic rings. The molecule has 0 amide bonds. The van der Waals surface area contributed by atoms with Crippen molar-refractivity contribution in [3.05, 3.63) is 24.0 Å². The van der Waals surface area contributed by atoms with Gasteiger partial charge < -0.3 is 15.0 Å². The third-order valence-corrected chi connectivity index (χ3v) is 3.82. The Bertz CT molecular complexity index is 444. The lowest BCUT2D eigenvalue weighted by molar-refractivity contribution is 0.0594. The van der Waals surface area contributed by atoms with Crippen LogP contribution in [0, 0.1) is 5.92 Å². The van der Waals surface area contributed by atoms with E-state index in [1.807, 2.05) is 12.1 Å². The molecule has 1 N–H and O–H groups in total. The van der Waals surface area contributed by atoms with Gasteiger partial charge in [-0.2, -0.15) is 0 Å². The molecule has 1 saturated heterocycles. The lowest BCUT2D eigenvalue weighted by Gasteiger charge is -2.31. The molecule has 0 saturated carbocycles. The third kappa shape index (κ3) is 3.70. The number of nitrogens with zero attached hydrogens (tertiary/aromatic N) is 2. The molecule has 20 heavy (non-hydrogen) atoms. The Hall–Kier alpha value is -1.62. The van der Waals surface area contributed by atoms with E-state index in [1.165, 1.54) is 20.0 Å². The van der Waals surface area contributed by atoms with Crippen LogP contribution in [0.2, 0.25) is 0 Å². The molecule has 1 aromatic heterocycles. The Morgan fingerprint density at radius 2 is 2.25 bits per heavy atom. The van der Waals surface area contributed by atoms with E-state index in [0.29, 0.717) is 11.6 Å². The maximum atomic E-state index is 11.6. The molecule has 0 radical (unpaired) electrons. The van der Waals surface area contributed by atoms with Gasteiger partial charge in [-0.25, -0.2) is 9.78 Å². The normalized spacial score (nSPS) is 15.9. The molecular formula is C15H23N3O2. The highest BCUT2D eigenvalue weighted by atomic mass is 16.5. The highest BCUT2D eigenvalue weighted by Gasteiger charge is 2.17.